The summed E-state index contributed by atoms with van der Waals surface area (Å²) in [5.74, 6) is 0. The minimum absolute atomic E-state index is 0.124. The lowest BCUT2D eigenvalue weighted by molar-refractivity contribution is -0.00201. The molecule has 0 aromatic rings. The molecule has 1 heterocycles. The van der Waals surface area contributed by atoms with Gasteiger partial charge in [0.25, 0.3) is 0 Å². The molecule has 0 saturated carbocycles. The molecule has 0 spiro atoms. The van der Waals surface area contributed by atoms with Gasteiger partial charge in [-0.15, -0.1) is 0 Å². The Bertz CT molecular complexity index is 360. The SMILES string of the molecule is C=C1CCN(C(=O)O)[C@H](C(C)(C)O[SiH2]C(C)(C)C)C1. The quantitative estimate of drug-likeness (QED) is 0.641. The molecule has 0 unspecified atom stereocenters. The van der Waals surface area contributed by atoms with Crippen molar-refractivity contribution in [3.8, 4) is 0 Å². The van der Waals surface area contributed by atoms with Crippen molar-refractivity contribution in [1.29, 1.82) is 0 Å². The zero-order valence-electron chi connectivity index (χ0n) is 12.8. The molecular weight excluding hydrogens is 258 g/mol. The van der Waals surface area contributed by atoms with Gasteiger partial charge in [-0.1, -0.05) is 32.9 Å². The van der Waals surface area contributed by atoms with Crippen LogP contribution in [0.2, 0.25) is 5.04 Å². The van der Waals surface area contributed by atoms with Crippen LogP contribution >= 0.6 is 0 Å². The number of carboxylic acid groups (broad SMARTS) is 1. The van der Waals surface area contributed by atoms with E-state index in [1.807, 2.05) is 13.8 Å². The van der Waals surface area contributed by atoms with E-state index in [2.05, 4.69) is 27.4 Å². The highest BCUT2D eigenvalue weighted by atomic mass is 28.2. The Labute approximate surface area is 118 Å². The topological polar surface area (TPSA) is 49.8 Å². The van der Waals surface area contributed by atoms with Crippen LogP contribution in [0, 0.1) is 0 Å². The number of amides is 1. The Balaban J connectivity index is 2.81. The monoisotopic (exact) mass is 285 g/mol. The van der Waals surface area contributed by atoms with Gasteiger partial charge in [0.05, 0.1) is 11.6 Å². The Hall–Kier alpha value is -0.813. The Morgan fingerprint density at radius 2 is 2.00 bits per heavy atom. The summed E-state index contributed by atoms with van der Waals surface area (Å²) < 4.78 is 6.15. The second-order valence-electron chi connectivity index (χ2n) is 7.15. The average molecular weight is 285 g/mol. The van der Waals surface area contributed by atoms with Crippen molar-refractivity contribution < 1.29 is 14.3 Å². The van der Waals surface area contributed by atoms with Crippen LogP contribution < -0.4 is 0 Å². The largest absolute Gasteiger partial charge is 0.465 e. The maximum Gasteiger partial charge on any atom is 0.407 e. The van der Waals surface area contributed by atoms with E-state index in [0.717, 1.165) is 12.0 Å². The maximum absolute atomic E-state index is 11.4. The molecular formula is C14H27NO3Si. The first kappa shape index (κ1) is 16.2. The van der Waals surface area contributed by atoms with Crippen molar-refractivity contribution in [3.63, 3.8) is 0 Å². The van der Waals surface area contributed by atoms with E-state index in [9.17, 15) is 9.90 Å². The molecule has 0 bridgehead atoms. The maximum atomic E-state index is 11.4. The fourth-order valence-corrected chi connectivity index (χ4v) is 3.27. The van der Waals surface area contributed by atoms with Gasteiger partial charge >= 0.3 is 6.09 Å². The normalized spacial score (nSPS) is 22.3. The van der Waals surface area contributed by atoms with E-state index < -0.39 is 21.5 Å². The molecule has 1 fully saturated rings. The van der Waals surface area contributed by atoms with Crippen LogP contribution in [0.25, 0.3) is 0 Å². The summed E-state index contributed by atoms with van der Waals surface area (Å²) in [6, 6.07) is -0.124. The van der Waals surface area contributed by atoms with Gasteiger partial charge in [-0.3, -0.25) is 0 Å². The lowest BCUT2D eigenvalue weighted by Crippen LogP contribution is -2.56. The van der Waals surface area contributed by atoms with Crippen LogP contribution in [0.15, 0.2) is 12.2 Å². The molecule has 0 radical (unpaired) electrons. The summed E-state index contributed by atoms with van der Waals surface area (Å²) in [5.41, 5.74) is 0.679. The van der Waals surface area contributed by atoms with E-state index in [1.54, 1.807) is 0 Å². The second kappa shape index (κ2) is 5.67. The van der Waals surface area contributed by atoms with Crippen LogP contribution in [0.3, 0.4) is 0 Å². The van der Waals surface area contributed by atoms with Crippen molar-refractivity contribution in [2.45, 2.75) is 64.1 Å². The van der Waals surface area contributed by atoms with Gasteiger partial charge in [0.2, 0.25) is 0 Å². The smallest absolute Gasteiger partial charge is 0.407 e. The lowest BCUT2D eigenvalue weighted by atomic mass is 9.87. The van der Waals surface area contributed by atoms with Gasteiger partial charge in [0, 0.05) is 6.54 Å². The summed E-state index contributed by atoms with van der Waals surface area (Å²) >= 11 is 0. The first-order valence-corrected chi connectivity index (χ1v) is 8.11. The number of carbonyl (C=O) groups is 1. The molecule has 1 saturated heterocycles. The predicted molar refractivity (Wildman–Crippen MR) is 80.3 cm³/mol. The fraction of sp³-hybridized carbons (Fsp3) is 0.786. The molecule has 1 N–H and O–H groups in total. The molecule has 19 heavy (non-hydrogen) atoms. The average Bonchev–Trinajstić information content (AvgIpc) is 2.25. The third-order valence-corrected chi connectivity index (χ3v) is 5.24. The first-order chi connectivity index (χ1) is 8.53. The third-order valence-electron chi connectivity index (χ3n) is 3.49. The molecule has 4 nitrogen and oxygen atoms in total. The van der Waals surface area contributed by atoms with Gasteiger partial charge in [-0.2, -0.15) is 0 Å². The zero-order chi connectivity index (χ0) is 14.8. The lowest BCUT2D eigenvalue weighted by Gasteiger charge is -2.45. The number of likely N-dealkylation sites (tertiary alicyclic amines) is 1. The van der Waals surface area contributed by atoms with Crippen LogP contribution in [0.5, 0.6) is 0 Å². The van der Waals surface area contributed by atoms with Gasteiger partial charge < -0.3 is 14.4 Å². The summed E-state index contributed by atoms with van der Waals surface area (Å²) in [4.78, 5) is 12.9. The fourth-order valence-electron chi connectivity index (χ4n) is 2.27. The minimum atomic E-state index is -0.855. The predicted octanol–water partition coefficient (Wildman–Crippen LogP) is 2.78. The minimum Gasteiger partial charge on any atom is -0.465 e. The molecule has 1 amide bonds. The van der Waals surface area contributed by atoms with Gasteiger partial charge in [0.1, 0.15) is 0 Å². The highest BCUT2D eigenvalue weighted by Crippen LogP contribution is 2.32. The summed E-state index contributed by atoms with van der Waals surface area (Å²) in [6.07, 6.45) is 0.611. The molecule has 0 aliphatic carbocycles. The molecule has 1 aliphatic heterocycles. The highest BCUT2D eigenvalue weighted by Gasteiger charge is 2.40. The number of piperidine rings is 1. The van der Waals surface area contributed by atoms with Gasteiger partial charge in [-0.25, -0.2) is 4.79 Å². The number of hydrogen-bond donors (Lipinski definition) is 1. The molecule has 1 atom stereocenters. The van der Waals surface area contributed by atoms with Crippen molar-refractivity contribution in [2.24, 2.45) is 0 Å². The van der Waals surface area contributed by atoms with Crippen LogP contribution in [0.1, 0.15) is 47.5 Å². The van der Waals surface area contributed by atoms with Crippen molar-refractivity contribution in [2.75, 3.05) is 6.54 Å². The standard InChI is InChI=1S/C14H27NO3Si/c1-10-7-8-15(12(16)17)11(9-10)14(5,6)18-19-13(2,3)4/h11H,1,7-9,19H2,2-6H3,(H,16,17)/t11-/m0/s1. The van der Waals surface area contributed by atoms with Crippen molar-refractivity contribution in [1.82, 2.24) is 4.90 Å². The van der Waals surface area contributed by atoms with Crippen LogP contribution in [-0.4, -0.2) is 44.1 Å². The molecule has 110 valence electrons. The number of hydrogen-bond acceptors (Lipinski definition) is 2. The van der Waals surface area contributed by atoms with E-state index in [-0.39, 0.29) is 11.1 Å². The van der Waals surface area contributed by atoms with E-state index in [1.165, 1.54) is 4.90 Å². The van der Waals surface area contributed by atoms with E-state index >= 15 is 0 Å². The number of rotatable bonds is 3. The summed E-state index contributed by atoms with van der Waals surface area (Å²) in [5, 5.41) is 9.54. The van der Waals surface area contributed by atoms with Gasteiger partial charge in [0.15, 0.2) is 9.76 Å². The third kappa shape index (κ3) is 4.65. The Morgan fingerprint density at radius 3 is 2.47 bits per heavy atom. The number of nitrogens with zero attached hydrogens (tertiary/aromatic N) is 1. The first-order valence-electron chi connectivity index (χ1n) is 6.83. The van der Waals surface area contributed by atoms with E-state index in [4.69, 9.17) is 4.43 Å². The molecule has 0 aromatic heterocycles. The summed E-state index contributed by atoms with van der Waals surface area (Å²) in [6.45, 7) is 15.1. The second-order valence-corrected chi connectivity index (χ2v) is 9.85. The van der Waals surface area contributed by atoms with E-state index in [0.29, 0.717) is 13.0 Å². The molecule has 1 aliphatic rings. The van der Waals surface area contributed by atoms with Crippen LogP contribution in [-0.2, 0) is 4.43 Å². The van der Waals surface area contributed by atoms with Crippen LogP contribution in [0.4, 0.5) is 4.79 Å². The van der Waals surface area contributed by atoms with Gasteiger partial charge in [-0.05, 0) is 31.7 Å². The Kier molecular flexibility index (Phi) is 4.85. The zero-order valence-corrected chi connectivity index (χ0v) is 14.2. The Morgan fingerprint density at radius 1 is 1.42 bits per heavy atom. The van der Waals surface area contributed by atoms with Crippen molar-refractivity contribution in [3.05, 3.63) is 12.2 Å². The molecule has 0 aromatic carbocycles. The van der Waals surface area contributed by atoms with Crippen molar-refractivity contribution >= 4 is 15.9 Å². The molecule has 5 heteroatoms. The molecule has 1 rings (SSSR count). The highest BCUT2D eigenvalue weighted by molar-refractivity contribution is 6.31. The summed E-state index contributed by atoms with van der Waals surface area (Å²) in [7, 11) is -0.713.